The first kappa shape index (κ1) is 17.1. The zero-order chi connectivity index (χ0) is 18.8. The van der Waals surface area contributed by atoms with Crippen molar-refractivity contribution in [1.29, 1.82) is 0 Å². The number of ether oxygens (including phenoxy) is 1. The maximum Gasteiger partial charge on any atom is 0.274 e. The molecule has 1 aliphatic rings. The summed E-state index contributed by atoms with van der Waals surface area (Å²) >= 11 is 0. The number of hydrogen-bond acceptors (Lipinski definition) is 6. The Kier molecular flexibility index (Phi) is 4.49. The molecule has 0 saturated heterocycles. The lowest BCUT2D eigenvalue weighted by Crippen LogP contribution is -2.42. The molecule has 1 unspecified atom stereocenters. The molecule has 138 valence electrons. The van der Waals surface area contributed by atoms with Crippen LogP contribution in [0.15, 0.2) is 43.2 Å². The van der Waals surface area contributed by atoms with Crippen LogP contribution in [0.5, 0.6) is 5.88 Å². The summed E-state index contributed by atoms with van der Waals surface area (Å²) in [6.07, 6.45) is 7.89. The van der Waals surface area contributed by atoms with Crippen molar-refractivity contribution in [2.75, 3.05) is 13.2 Å². The van der Waals surface area contributed by atoms with Gasteiger partial charge in [-0.25, -0.2) is 19.3 Å². The van der Waals surface area contributed by atoms with E-state index in [2.05, 4.69) is 19.9 Å². The van der Waals surface area contributed by atoms with Gasteiger partial charge in [-0.15, -0.1) is 0 Å². The SMILES string of the molecule is Cc1cnc(C(=O)N2Cc3cncn3C(COc3ncccc3F)C2)cn1. The molecule has 0 spiro atoms. The van der Waals surface area contributed by atoms with Gasteiger partial charge in [-0.3, -0.25) is 9.78 Å². The molecule has 0 fully saturated rings. The van der Waals surface area contributed by atoms with Gasteiger partial charge in [0.15, 0.2) is 5.82 Å². The maximum atomic E-state index is 13.8. The van der Waals surface area contributed by atoms with Gasteiger partial charge in [0.2, 0.25) is 5.88 Å². The Morgan fingerprint density at radius 3 is 2.96 bits per heavy atom. The lowest BCUT2D eigenvalue weighted by atomic mass is 10.2. The Bertz CT molecular complexity index is 958. The van der Waals surface area contributed by atoms with Crippen molar-refractivity contribution < 1.29 is 13.9 Å². The van der Waals surface area contributed by atoms with E-state index in [0.29, 0.717) is 13.1 Å². The van der Waals surface area contributed by atoms with Crippen LogP contribution in [0.4, 0.5) is 4.39 Å². The van der Waals surface area contributed by atoms with Gasteiger partial charge in [0.1, 0.15) is 12.3 Å². The first-order valence-corrected chi connectivity index (χ1v) is 8.44. The van der Waals surface area contributed by atoms with Crippen molar-refractivity contribution in [3.05, 3.63) is 66.1 Å². The summed E-state index contributed by atoms with van der Waals surface area (Å²) in [5.41, 5.74) is 1.89. The molecule has 3 aromatic rings. The van der Waals surface area contributed by atoms with Gasteiger partial charge in [0.05, 0.1) is 36.5 Å². The molecule has 0 saturated carbocycles. The van der Waals surface area contributed by atoms with Gasteiger partial charge >= 0.3 is 0 Å². The van der Waals surface area contributed by atoms with Crippen LogP contribution in [-0.4, -0.2) is 48.5 Å². The highest BCUT2D eigenvalue weighted by Crippen LogP contribution is 2.23. The number of imidazole rings is 1. The lowest BCUT2D eigenvalue weighted by molar-refractivity contribution is 0.0637. The fourth-order valence-electron chi connectivity index (χ4n) is 2.99. The van der Waals surface area contributed by atoms with E-state index in [4.69, 9.17) is 4.74 Å². The van der Waals surface area contributed by atoms with Crippen molar-refractivity contribution in [3.8, 4) is 5.88 Å². The molecule has 4 rings (SSSR count). The van der Waals surface area contributed by atoms with E-state index in [0.717, 1.165) is 11.4 Å². The number of hydrogen-bond donors (Lipinski definition) is 0. The summed E-state index contributed by atoms with van der Waals surface area (Å²) in [4.78, 5) is 30.8. The molecular weight excluding hydrogens is 351 g/mol. The first-order valence-electron chi connectivity index (χ1n) is 8.44. The molecule has 0 N–H and O–H groups in total. The fourth-order valence-corrected chi connectivity index (χ4v) is 2.99. The largest absolute Gasteiger partial charge is 0.473 e. The van der Waals surface area contributed by atoms with Gasteiger partial charge in [-0.2, -0.15) is 0 Å². The number of carbonyl (C=O) groups is 1. The highest BCUT2D eigenvalue weighted by atomic mass is 19.1. The lowest BCUT2D eigenvalue weighted by Gasteiger charge is -2.34. The first-order chi connectivity index (χ1) is 13.1. The molecule has 27 heavy (non-hydrogen) atoms. The molecule has 1 aliphatic heterocycles. The van der Waals surface area contributed by atoms with Gasteiger partial charge in [-0.05, 0) is 19.1 Å². The molecular formula is C18H17FN6O2. The third kappa shape index (κ3) is 3.48. The van der Waals surface area contributed by atoms with E-state index in [1.54, 1.807) is 23.6 Å². The fraction of sp³-hybridized carbons (Fsp3) is 0.278. The number of amides is 1. The average molecular weight is 368 g/mol. The third-order valence-electron chi connectivity index (χ3n) is 4.35. The number of pyridine rings is 1. The van der Waals surface area contributed by atoms with Crippen molar-refractivity contribution in [3.63, 3.8) is 0 Å². The van der Waals surface area contributed by atoms with Crippen LogP contribution in [0.25, 0.3) is 0 Å². The molecule has 4 heterocycles. The highest BCUT2D eigenvalue weighted by molar-refractivity contribution is 5.92. The smallest absolute Gasteiger partial charge is 0.274 e. The molecule has 3 aromatic heterocycles. The number of aromatic nitrogens is 5. The van der Waals surface area contributed by atoms with Crippen LogP contribution in [0.2, 0.25) is 0 Å². The number of fused-ring (bicyclic) bond motifs is 1. The molecule has 9 heteroatoms. The van der Waals surface area contributed by atoms with Crippen LogP contribution in [0.3, 0.4) is 0 Å². The summed E-state index contributed by atoms with van der Waals surface area (Å²) in [6, 6.07) is 2.57. The zero-order valence-electron chi connectivity index (χ0n) is 14.6. The third-order valence-corrected chi connectivity index (χ3v) is 4.35. The number of rotatable bonds is 4. The van der Waals surface area contributed by atoms with Crippen LogP contribution in [-0.2, 0) is 6.54 Å². The Morgan fingerprint density at radius 1 is 1.30 bits per heavy atom. The minimum absolute atomic E-state index is 0.0629. The summed E-state index contributed by atoms with van der Waals surface area (Å²) < 4.78 is 21.2. The van der Waals surface area contributed by atoms with E-state index < -0.39 is 5.82 Å². The standard InChI is InChI=1S/C18H17FN6O2/c1-12-5-23-16(7-22-12)18(26)24-8-13-6-20-11-25(13)14(9-24)10-27-17-15(19)3-2-4-21-17/h2-7,11,14H,8-10H2,1H3. The van der Waals surface area contributed by atoms with Gasteiger partial charge in [0, 0.05) is 25.1 Å². The summed E-state index contributed by atoms with van der Waals surface area (Å²) in [5, 5.41) is 0. The minimum atomic E-state index is -0.526. The van der Waals surface area contributed by atoms with Gasteiger partial charge in [-0.1, -0.05) is 0 Å². The van der Waals surface area contributed by atoms with Crippen LogP contribution < -0.4 is 4.74 Å². The second-order valence-corrected chi connectivity index (χ2v) is 6.28. The molecule has 0 radical (unpaired) electrons. The predicted molar refractivity (Wildman–Crippen MR) is 92.5 cm³/mol. The van der Waals surface area contributed by atoms with Crippen molar-refractivity contribution in [1.82, 2.24) is 29.4 Å². The van der Waals surface area contributed by atoms with Crippen LogP contribution >= 0.6 is 0 Å². The van der Waals surface area contributed by atoms with Gasteiger partial charge in [0.25, 0.3) is 5.91 Å². The van der Waals surface area contributed by atoms with Crippen molar-refractivity contribution in [2.45, 2.75) is 19.5 Å². The number of aryl methyl sites for hydroxylation is 1. The monoisotopic (exact) mass is 368 g/mol. The second-order valence-electron chi connectivity index (χ2n) is 6.28. The average Bonchev–Trinajstić information content (AvgIpc) is 3.16. The predicted octanol–water partition coefficient (Wildman–Crippen LogP) is 1.79. The van der Waals surface area contributed by atoms with Crippen LogP contribution in [0.1, 0.15) is 27.9 Å². The summed E-state index contributed by atoms with van der Waals surface area (Å²) in [7, 11) is 0. The number of halogens is 1. The Labute approximate surface area is 154 Å². The molecule has 0 bridgehead atoms. The second kappa shape index (κ2) is 7.10. The topological polar surface area (TPSA) is 86.0 Å². The normalized spacial score (nSPS) is 16.1. The minimum Gasteiger partial charge on any atom is -0.473 e. The summed E-state index contributed by atoms with van der Waals surface area (Å²) in [6.45, 7) is 2.75. The van der Waals surface area contributed by atoms with E-state index in [-0.39, 0.29) is 30.1 Å². The highest BCUT2D eigenvalue weighted by Gasteiger charge is 2.30. The molecule has 0 aromatic carbocycles. The van der Waals surface area contributed by atoms with E-state index in [9.17, 15) is 9.18 Å². The van der Waals surface area contributed by atoms with E-state index >= 15 is 0 Å². The molecule has 8 nitrogen and oxygen atoms in total. The molecule has 1 amide bonds. The molecule has 0 aliphatic carbocycles. The van der Waals surface area contributed by atoms with E-state index in [1.807, 2.05) is 11.5 Å². The number of nitrogens with zero attached hydrogens (tertiary/aromatic N) is 6. The Balaban J connectivity index is 1.53. The Morgan fingerprint density at radius 2 is 2.19 bits per heavy atom. The number of carbonyl (C=O) groups excluding carboxylic acids is 1. The quantitative estimate of drug-likeness (QED) is 0.698. The zero-order valence-corrected chi connectivity index (χ0v) is 14.6. The van der Waals surface area contributed by atoms with Crippen molar-refractivity contribution in [2.24, 2.45) is 0 Å². The van der Waals surface area contributed by atoms with Crippen LogP contribution in [0, 0.1) is 12.7 Å². The molecule has 1 atom stereocenters. The van der Waals surface area contributed by atoms with Gasteiger partial charge < -0.3 is 14.2 Å². The summed E-state index contributed by atoms with van der Waals surface area (Å²) in [5.74, 6) is -0.807. The van der Waals surface area contributed by atoms with E-state index in [1.165, 1.54) is 24.5 Å². The maximum absolute atomic E-state index is 13.8. The van der Waals surface area contributed by atoms with Crippen molar-refractivity contribution >= 4 is 5.91 Å². The Hall–Kier alpha value is -3.36.